The van der Waals surface area contributed by atoms with E-state index in [1.54, 1.807) is 33.8 Å². The number of benzene rings is 1. The number of sulfonamides is 1. The molecule has 1 aliphatic heterocycles. The number of nitrogens with zero attached hydrogens (tertiary/aromatic N) is 2. The van der Waals surface area contributed by atoms with Crippen molar-refractivity contribution < 1.29 is 21.6 Å². The first-order valence-electron chi connectivity index (χ1n) is 9.13. The van der Waals surface area contributed by atoms with Gasteiger partial charge in [0.05, 0.1) is 29.2 Å². The fourth-order valence-electron chi connectivity index (χ4n) is 3.63. The first-order chi connectivity index (χ1) is 13.4. The van der Waals surface area contributed by atoms with Gasteiger partial charge in [0.15, 0.2) is 0 Å². The Morgan fingerprint density at radius 1 is 1.17 bits per heavy atom. The third-order valence-electron chi connectivity index (χ3n) is 5.10. The number of hydrazine groups is 1. The van der Waals surface area contributed by atoms with Gasteiger partial charge in [-0.2, -0.15) is 18.3 Å². The second-order valence-electron chi connectivity index (χ2n) is 7.38. The van der Waals surface area contributed by atoms with Crippen LogP contribution in [0.2, 0.25) is 0 Å². The Morgan fingerprint density at radius 3 is 2.38 bits per heavy atom. The maximum atomic E-state index is 12.9. The topological polar surface area (TPSA) is 88.0 Å². The van der Waals surface area contributed by atoms with E-state index < -0.39 is 27.0 Å². The molecule has 0 radical (unpaired) electrons. The van der Waals surface area contributed by atoms with Crippen LogP contribution in [0.3, 0.4) is 0 Å². The predicted octanol–water partition coefficient (Wildman–Crippen LogP) is 2.56. The first kappa shape index (κ1) is 21.6. The number of aromatic nitrogens is 2. The molecule has 0 amide bonds. The molecule has 1 aliphatic rings. The molecule has 2 heterocycles. The van der Waals surface area contributed by atoms with E-state index in [-0.39, 0.29) is 18.6 Å². The Kier molecular flexibility index (Phi) is 5.67. The molecule has 1 saturated heterocycles. The zero-order valence-corrected chi connectivity index (χ0v) is 17.3. The first-order valence-corrected chi connectivity index (χ1v) is 10.7. The molecule has 160 valence electrons. The van der Waals surface area contributed by atoms with E-state index in [4.69, 9.17) is 0 Å². The van der Waals surface area contributed by atoms with Crippen molar-refractivity contribution in [3.8, 4) is 0 Å². The predicted molar refractivity (Wildman–Crippen MR) is 104 cm³/mol. The third-order valence-corrected chi connectivity index (χ3v) is 7.12. The molecular weight excluding hydrogens is 407 g/mol. The molecule has 0 spiro atoms. The molecule has 0 saturated carbocycles. The van der Waals surface area contributed by atoms with Gasteiger partial charge in [-0.1, -0.05) is 12.1 Å². The van der Waals surface area contributed by atoms with Crippen LogP contribution >= 0.6 is 0 Å². The minimum atomic E-state index is -4.43. The maximum absolute atomic E-state index is 12.9. The van der Waals surface area contributed by atoms with E-state index in [1.807, 2.05) is 0 Å². The maximum Gasteiger partial charge on any atom is 0.416 e. The SMILES string of the molecule is Cc1nn(Cc2cccc(C(F)(F)F)c2)c(C)c1NS(=O)(=O)C1C(C)NNC1C. The Hall–Kier alpha value is -2.11. The van der Waals surface area contributed by atoms with Crippen LogP contribution in [0.25, 0.3) is 0 Å². The summed E-state index contributed by atoms with van der Waals surface area (Å²) < 4.78 is 68.7. The number of nitrogens with one attached hydrogen (secondary N) is 3. The van der Waals surface area contributed by atoms with Crippen molar-refractivity contribution in [3.63, 3.8) is 0 Å². The largest absolute Gasteiger partial charge is 0.416 e. The van der Waals surface area contributed by atoms with Crippen molar-refractivity contribution in [2.24, 2.45) is 0 Å². The third kappa shape index (κ3) is 4.41. The van der Waals surface area contributed by atoms with Gasteiger partial charge in [0.2, 0.25) is 10.0 Å². The number of hydrogen-bond acceptors (Lipinski definition) is 5. The van der Waals surface area contributed by atoms with Crippen LogP contribution < -0.4 is 15.6 Å². The van der Waals surface area contributed by atoms with Gasteiger partial charge in [-0.05, 0) is 45.4 Å². The monoisotopic (exact) mass is 431 g/mol. The van der Waals surface area contributed by atoms with Gasteiger partial charge in [0.25, 0.3) is 0 Å². The van der Waals surface area contributed by atoms with Gasteiger partial charge in [0.1, 0.15) is 5.25 Å². The molecule has 2 atom stereocenters. The van der Waals surface area contributed by atoms with Crippen LogP contribution in [-0.2, 0) is 22.7 Å². The highest BCUT2D eigenvalue weighted by Crippen LogP contribution is 2.30. The molecular formula is C18H24F3N5O2S. The smallest absolute Gasteiger partial charge is 0.279 e. The molecule has 3 N–H and O–H groups in total. The highest BCUT2D eigenvalue weighted by Gasteiger charge is 2.41. The molecule has 0 bridgehead atoms. The van der Waals surface area contributed by atoms with Crippen LogP contribution in [0.15, 0.2) is 24.3 Å². The summed E-state index contributed by atoms with van der Waals surface area (Å²) in [6, 6.07) is 4.42. The van der Waals surface area contributed by atoms with Crippen LogP contribution in [0.1, 0.15) is 36.4 Å². The number of anilines is 1. The standard InChI is InChI=1S/C18H24F3N5O2S/c1-10-16(25-29(27,28)17-11(2)22-23-12(17)3)13(4)26(24-10)9-14-6-5-7-15(8-14)18(19,20)21/h5-8,11-12,17,22-23,25H,9H2,1-4H3. The number of halogens is 3. The van der Waals surface area contributed by atoms with Gasteiger partial charge in [-0.25, -0.2) is 8.42 Å². The zero-order valence-electron chi connectivity index (χ0n) is 16.5. The summed E-state index contributed by atoms with van der Waals surface area (Å²) in [5.74, 6) is 0. The lowest BCUT2D eigenvalue weighted by Gasteiger charge is -2.19. The molecule has 1 aromatic carbocycles. The van der Waals surface area contributed by atoms with Gasteiger partial charge in [0, 0.05) is 12.1 Å². The van der Waals surface area contributed by atoms with Crippen molar-refractivity contribution in [2.45, 2.75) is 57.7 Å². The average Bonchev–Trinajstić information content (AvgIpc) is 3.08. The number of alkyl halides is 3. The van der Waals surface area contributed by atoms with E-state index in [0.717, 1.165) is 12.1 Å². The Labute approximate surface area is 167 Å². The molecule has 2 unspecified atom stereocenters. The number of rotatable bonds is 5. The van der Waals surface area contributed by atoms with Crippen LogP contribution in [0.4, 0.5) is 18.9 Å². The normalized spacial score (nSPS) is 22.8. The van der Waals surface area contributed by atoms with Crippen LogP contribution in [0.5, 0.6) is 0 Å². The summed E-state index contributed by atoms with van der Waals surface area (Å²) in [5.41, 5.74) is 6.85. The molecule has 7 nitrogen and oxygen atoms in total. The molecule has 2 aromatic rings. The molecule has 11 heteroatoms. The second kappa shape index (κ2) is 7.62. The lowest BCUT2D eigenvalue weighted by atomic mass is 10.1. The van der Waals surface area contributed by atoms with Crippen molar-refractivity contribution in [1.82, 2.24) is 20.6 Å². The number of hydrogen-bond donors (Lipinski definition) is 3. The van der Waals surface area contributed by atoms with Gasteiger partial charge in [-0.3, -0.25) is 20.3 Å². The van der Waals surface area contributed by atoms with Crippen molar-refractivity contribution in [1.29, 1.82) is 0 Å². The lowest BCUT2D eigenvalue weighted by molar-refractivity contribution is -0.137. The Morgan fingerprint density at radius 2 is 1.79 bits per heavy atom. The number of aryl methyl sites for hydroxylation is 1. The van der Waals surface area contributed by atoms with Crippen molar-refractivity contribution >= 4 is 15.7 Å². The highest BCUT2D eigenvalue weighted by molar-refractivity contribution is 7.93. The fraction of sp³-hybridized carbons (Fsp3) is 0.500. The average molecular weight is 431 g/mol. The quantitative estimate of drug-likeness (QED) is 0.677. The van der Waals surface area contributed by atoms with Gasteiger partial charge < -0.3 is 0 Å². The minimum absolute atomic E-state index is 0.0949. The highest BCUT2D eigenvalue weighted by atomic mass is 32.2. The summed E-state index contributed by atoms with van der Waals surface area (Å²) in [6.07, 6.45) is -4.43. The summed E-state index contributed by atoms with van der Waals surface area (Å²) in [4.78, 5) is 0. The Balaban J connectivity index is 1.86. The van der Waals surface area contributed by atoms with Crippen LogP contribution in [0, 0.1) is 13.8 Å². The minimum Gasteiger partial charge on any atom is -0.279 e. The van der Waals surface area contributed by atoms with E-state index >= 15 is 0 Å². The molecule has 3 rings (SSSR count). The van der Waals surface area contributed by atoms with E-state index in [2.05, 4.69) is 20.7 Å². The molecule has 29 heavy (non-hydrogen) atoms. The summed E-state index contributed by atoms with van der Waals surface area (Å²) in [6.45, 7) is 6.99. The molecule has 1 aromatic heterocycles. The van der Waals surface area contributed by atoms with E-state index in [0.29, 0.717) is 22.6 Å². The summed E-state index contributed by atoms with van der Waals surface area (Å²) in [5, 5.41) is 3.64. The second-order valence-corrected chi connectivity index (χ2v) is 9.22. The van der Waals surface area contributed by atoms with Crippen molar-refractivity contribution in [2.75, 3.05) is 4.72 Å². The van der Waals surface area contributed by atoms with Crippen LogP contribution in [-0.4, -0.2) is 35.5 Å². The van der Waals surface area contributed by atoms with E-state index in [9.17, 15) is 21.6 Å². The summed E-state index contributed by atoms with van der Waals surface area (Å²) >= 11 is 0. The van der Waals surface area contributed by atoms with Gasteiger partial charge in [-0.15, -0.1) is 0 Å². The zero-order chi connectivity index (χ0) is 21.6. The lowest BCUT2D eigenvalue weighted by Crippen LogP contribution is -2.41. The molecule has 0 aliphatic carbocycles. The van der Waals surface area contributed by atoms with Crippen molar-refractivity contribution in [3.05, 3.63) is 46.8 Å². The van der Waals surface area contributed by atoms with E-state index in [1.165, 1.54) is 10.7 Å². The summed E-state index contributed by atoms with van der Waals surface area (Å²) in [7, 11) is -3.72. The van der Waals surface area contributed by atoms with Gasteiger partial charge >= 0.3 is 6.18 Å². The molecule has 1 fully saturated rings. The fourth-order valence-corrected chi connectivity index (χ4v) is 5.55. The Bertz CT molecular complexity index is 993.